The van der Waals surface area contributed by atoms with E-state index in [2.05, 4.69) is 5.73 Å². The van der Waals surface area contributed by atoms with Gasteiger partial charge in [-0.25, -0.2) is 4.79 Å². The number of allylic oxidation sites excluding steroid dienone is 1. The van der Waals surface area contributed by atoms with E-state index in [9.17, 15) is 4.79 Å². The molecular weight excluding hydrogens is 88.1 g/mol. The van der Waals surface area contributed by atoms with Gasteiger partial charge in [0.1, 0.15) is 0 Å². The lowest BCUT2D eigenvalue weighted by Gasteiger charge is -1.72. The van der Waals surface area contributed by atoms with Gasteiger partial charge in [0, 0.05) is 0 Å². The van der Waals surface area contributed by atoms with Crippen LogP contribution in [-0.4, -0.2) is 5.94 Å². The summed E-state index contributed by atoms with van der Waals surface area (Å²) < 4.78 is 0. The molecule has 0 spiro atoms. The molecule has 38 valence electrons. The molecule has 0 fully saturated rings. The van der Waals surface area contributed by atoms with Crippen molar-refractivity contribution in [3.8, 4) is 0 Å². The van der Waals surface area contributed by atoms with Crippen molar-refractivity contribution >= 4 is 5.94 Å². The molecule has 7 heavy (non-hydrogen) atoms. The first-order valence-corrected chi connectivity index (χ1v) is 2.36. The molecule has 0 aromatic rings. The molecule has 0 bridgehead atoms. The summed E-state index contributed by atoms with van der Waals surface area (Å²) in [6.45, 7) is 2.04. The predicted molar refractivity (Wildman–Crippen MR) is 28.7 cm³/mol. The second kappa shape index (κ2) is 5.23. The molecule has 0 radical (unpaired) electrons. The van der Waals surface area contributed by atoms with E-state index in [1.807, 2.05) is 6.92 Å². The molecule has 0 aliphatic heterocycles. The highest BCUT2D eigenvalue weighted by atomic mass is 16.1. The summed E-state index contributed by atoms with van der Waals surface area (Å²) in [6, 6.07) is 0. The molecule has 0 N–H and O–H groups in total. The van der Waals surface area contributed by atoms with Crippen molar-refractivity contribution in [2.24, 2.45) is 0 Å². The van der Waals surface area contributed by atoms with Crippen LogP contribution in [0.25, 0.3) is 0 Å². The van der Waals surface area contributed by atoms with E-state index in [-0.39, 0.29) is 0 Å². The van der Waals surface area contributed by atoms with Crippen molar-refractivity contribution < 1.29 is 4.79 Å². The zero-order valence-corrected chi connectivity index (χ0v) is 4.40. The van der Waals surface area contributed by atoms with Gasteiger partial charge >= 0.3 is 0 Å². The van der Waals surface area contributed by atoms with Crippen LogP contribution in [0.4, 0.5) is 0 Å². The molecule has 0 aromatic heterocycles. The second-order valence-electron chi connectivity index (χ2n) is 1.24. The Hall–Kier alpha value is -0.770. The Bertz CT molecular complexity index is 103. The maximum absolute atomic E-state index is 9.41. The fraction of sp³-hybridized carbons (Fsp3) is 0.500. The molecule has 0 saturated heterocycles. The third-order valence-electron chi connectivity index (χ3n) is 0.594. The summed E-state index contributed by atoms with van der Waals surface area (Å²) in [7, 11) is 0. The average Bonchev–Trinajstić information content (AvgIpc) is 1.69. The normalized spacial score (nSPS) is 6.43. The van der Waals surface area contributed by atoms with Gasteiger partial charge in [-0.05, 0) is 18.2 Å². The molecule has 0 aromatic carbocycles. The van der Waals surface area contributed by atoms with Crippen molar-refractivity contribution in [3.05, 3.63) is 11.8 Å². The van der Waals surface area contributed by atoms with E-state index in [0.29, 0.717) is 0 Å². The third-order valence-corrected chi connectivity index (χ3v) is 0.594. The quantitative estimate of drug-likeness (QED) is 0.374. The van der Waals surface area contributed by atoms with E-state index in [4.69, 9.17) is 0 Å². The Morgan fingerprint density at radius 1 is 1.71 bits per heavy atom. The fourth-order valence-corrected chi connectivity index (χ4v) is 0.258. The zero-order valence-electron chi connectivity index (χ0n) is 4.40. The molecule has 0 amide bonds. The van der Waals surface area contributed by atoms with Gasteiger partial charge in [0.15, 0.2) is 5.94 Å². The SMILES string of the molecule is CCCC=C=C=O. The molecule has 1 heteroatoms. The van der Waals surface area contributed by atoms with E-state index in [1.54, 1.807) is 12.0 Å². The smallest absolute Gasteiger partial charge is 0.176 e. The monoisotopic (exact) mass is 96.1 g/mol. The van der Waals surface area contributed by atoms with Crippen LogP contribution in [0, 0.1) is 0 Å². The van der Waals surface area contributed by atoms with E-state index < -0.39 is 0 Å². The van der Waals surface area contributed by atoms with E-state index >= 15 is 0 Å². The van der Waals surface area contributed by atoms with Crippen molar-refractivity contribution in [3.63, 3.8) is 0 Å². The van der Waals surface area contributed by atoms with Gasteiger partial charge < -0.3 is 0 Å². The van der Waals surface area contributed by atoms with E-state index in [1.165, 1.54) is 0 Å². The Morgan fingerprint density at radius 2 is 2.43 bits per heavy atom. The number of carbonyl (C=O) groups excluding carboxylic acids is 1. The lowest BCUT2D eigenvalue weighted by molar-refractivity contribution is 0.569. The predicted octanol–water partition coefficient (Wildman–Crippen LogP) is 1.33. The Balaban J connectivity index is 3.28. The lowest BCUT2D eigenvalue weighted by atomic mass is 10.3. The fourth-order valence-electron chi connectivity index (χ4n) is 0.258. The van der Waals surface area contributed by atoms with E-state index in [0.717, 1.165) is 12.8 Å². The third kappa shape index (κ3) is 5.23. The standard InChI is InChI=1S/C6H8O/c1-2-3-4-5-6-7/h4H,2-3H2,1H3. The maximum atomic E-state index is 9.41. The molecule has 0 unspecified atom stereocenters. The molecule has 0 aliphatic carbocycles. The molecule has 0 saturated carbocycles. The second-order valence-corrected chi connectivity index (χ2v) is 1.24. The highest BCUT2D eigenvalue weighted by Gasteiger charge is 1.65. The van der Waals surface area contributed by atoms with Crippen LogP contribution >= 0.6 is 0 Å². The minimum absolute atomic E-state index is 0.926. The topological polar surface area (TPSA) is 17.1 Å². The van der Waals surface area contributed by atoms with Crippen LogP contribution < -0.4 is 0 Å². The van der Waals surface area contributed by atoms with Gasteiger partial charge in [-0.3, -0.25) is 0 Å². The Kier molecular flexibility index (Phi) is 4.65. The molecule has 0 atom stereocenters. The van der Waals surface area contributed by atoms with Crippen molar-refractivity contribution in [1.82, 2.24) is 0 Å². The largest absolute Gasteiger partial charge is 0.224 e. The summed E-state index contributed by atoms with van der Waals surface area (Å²) >= 11 is 0. The minimum atomic E-state index is 0.926. The number of rotatable bonds is 2. The highest BCUT2D eigenvalue weighted by molar-refractivity contribution is 5.43. The van der Waals surface area contributed by atoms with Crippen LogP contribution in [0.15, 0.2) is 11.8 Å². The van der Waals surface area contributed by atoms with Gasteiger partial charge in [0.2, 0.25) is 0 Å². The van der Waals surface area contributed by atoms with Gasteiger partial charge in [-0.1, -0.05) is 13.3 Å². The lowest BCUT2D eigenvalue weighted by Crippen LogP contribution is -1.55. The summed E-state index contributed by atoms with van der Waals surface area (Å²) in [4.78, 5) is 9.41. The van der Waals surface area contributed by atoms with Crippen molar-refractivity contribution in [1.29, 1.82) is 0 Å². The first-order valence-electron chi connectivity index (χ1n) is 2.36. The summed E-state index contributed by atoms with van der Waals surface area (Å²) in [5.74, 6) is 1.55. The molecular formula is C6H8O. The van der Waals surface area contributed by atoms with Crippen molar-refractivity contribution in [2.75, 3.05) is 0 Å². The summed E-state index contributed by atoms with van der Waals surface area (Å²) in [5, 5.41) is 0. The molecule has 0 rings (SSSR count). The molecule has 0 aliphatic rings. The van der Waals surface area contributed by atoms with Crippen LogP contribution in [0.5, 0.6) is 0 Å². The zero-order chi connectivity index (χ0) is 5.54. The molecule has 1 nitrogen and oxygen atoms in total. The minimum Gasteiger partial charge on any atom is -0.224 e. The summed E-state index contributed by atoms with van der Waals surface area (Å²) in [5.41, 5.74) is 2.32. The first kappa shape index (κ1) is 6.23. The Morgan fingerprint density at radius 3 is 2.86 bits per heavy atom. The van der Waals surface area contributed by atoms with Gasteiger partial charge in [-0.15, -0.1) is 0 Å². The highest BCUT2D eigenvalue weighted by Crippen LogP contribution is 1.83. The van der Waals surface area contributed by atoms with Gasteiger partial charge in [0.05, 0.1) is 0 Å². The van der Waals surface area contributed by atoms with Crippen LogP contribution in [0.2, 0.25) is 0 Å². The number of hydrogen-bond acceptors (Lipinski definition) is 1. The number of hydrogen-bond donors (Lipinski definition) is 0. The first-order chi connectivity index (χ1) is 3.41. The van der Waals surface area contributed by atoms with Crippen LogP contribution in [0.1, 0.15) is 19.8 Å². The van der Waals surface area contributed by atoms with Crippen LogP contribution in [-0.2, 0) is 4.79 Å². The maximum Gasteiger partial charge on any atom is 0.176 e. The summed E-state index contributed by atoms with van der Waals surface area (Å²) in [6.07, 6.45) is 3.68. The van der Waals surface area contributed by atoms with Gasteiger partial charge in [0.25, 0.3) is 0 Å². The Labute approximate surface area is 43.3 Å². The average molecular weight is 96.1 g/mol. The molecule has 0 heterocycles. The van der Waals surface area contributed by atoms with Crippen LogP contribution in [0.3, 0.4) is 0 Å². The number of unbranched alkanes of at least 4 members (excludes halogenated alkanes) is 1. The van der Waals surface area contributed by atoms with Crippen molar-refractivity contribution in [2.45, 2.75) is 19.8 Å². The van der Waals surface area contributed by atoms with Gasteiger partial charge in [-0.2, -0.15) is 0 Å².